The van der Waals surface area contributed by atoms with E-state index in [9.17, 15) is 9.59 Å². The Bertz CT molecular complexity index is 1160. The Morgan fingerprint density at radius 1 is 1.03 bits per heavy atom. The molecule has 1 heterocycles. The number of carbonyl (C=O) groups is 2. The van der Waals surface area contributed by atoms with Crippen molar-refractivity contribution in [2.75, 3.05) is 19.8 Å². The van der Waals surface area contributed by atoms with E-state index in [0.717, 1.165) is 16.8 Å². The van der Waals surface area contributed by atoms with Gasteiger partial charge in [-0.3, -0.25) is 4.79 Å². The third-order valence-corrected chi connectivity index (χ3v) is 7.00. The van der Waals surface area contributed by atoms with E-state index >= 15 is 0 Å². The highest BCUT2D eigenvalue weighted by molar-refractivity contribution is 6.42. The molecule has 1 aliphatic carbocycles. The van der Waals surface area contributed by atoms with Crippen LogP contribution in [-0.2, 0) is 19.1 Å². The summed E-state index contributed by atoms with van der Waals surface area (Å²) in [5, 5.41) is 4.13. The van der Waals surface area contributed by atoms with E-state index in [1.54, 1.807) is 12.1 Å². The quantitative estimate of drug-likeness (QED) is 0.377. The number of ether oxygens (including phenoxy) is 2. The first-order valence-corrected chi connectivity index (χ1v) is 12.1. The van der Waals surface area contributed by atoms with Crippen molar-refractivity contribution in [3.05, 3.63) is 92.2 Å². The lowest BCUT2D eigenvalue weighted by molar-refractivity contribution is -0.140. The Hall–Kier alpha value is -2.60. The van der Waals surface area contributed by atoms with Gasteiger partial charge in [-0.25, -0.2) is 4.79 Å². The molecule has 5 nitrogen and oxygen atoms in total. The lowest BCUT2D eigenvalue weighted by atomic mass is 9.72. The summed E-state index contributed by atoms with van der Waals surface area (Å²) in [5.41, 5.74) is 4.35. The fraction of sp³-hybridized carbons (Fsp3) is 0.333. The van der Waals surface area contributed by atoms with Gasteiger partial charge in [-0.2, -0.15) is 0 Å². The highest BCUT2D eigenvalue weighted by Crippen LogP contribution is 2.46. The van der Waals surface area contributed by atoms with E-state index in [4.69, 9.17) is 32.7 Å². The Kier molecular flexibility index (Phi) is 7.77. The first-order chi connectivity index (χ1) is 16.4. The second kappa shape index (κ2) is 10.8. The standard InChI is InChI=1S/C27H27Cl2NO4/c1-3-33-11-12-34-27(32)24-16(2)30-22-14-19(17-7-5-4-6-8-17)15-23(31)26(22)25(24)18-9-10-20(28)21(29)13-18/h4-10,13,19,25,30H,3,11-12,14-15H2,1-2H3/t19-,25+/m1/s1. The average Bonchev–Trinajstić information content (AvgIpc) is 2.83. The van der Waals surface area contributed by atoms with E-state index in [1.807, 2.05) is 50.2 Å². The smallest absolute Gasteiger partial charge is 0.336 e. The minimum atomic E-state index is -0.588. The molecule has 0 saturated heterocycles. The van der Waals surface area contributed by atoms with E-state index in [2.05, 4.69) is 5.32 Å². The number of dihydropyridines is 1. The molecule has 0 aromatic heterocycles. The molecule has 7 heteroatoms. The van der Waals surface area contributed by atoms with Crippen LogP contribution in [-0.4, -0.2) is 31.6 Å². The summed E-state index contributed by atoms with van der Waals surface area (Å²) >= 11 is 12.5. The molecule has 0 amide bonds. The fourth-order valence-electron chi connectivity index (χ4n) is 4.71. The summed E-state index contributed by atoms with van der Waals surface area (Å²) in [6.07, 6.45) is 1.04. The molecule has 178 valence electrons. The third kappa shape index (κ3) is 5.07. The molecule has 0 fully saturated rings. The second-order valence-electron chi connectivity index (χ2n) is 8.43. The van der Waals surface area contributed by atoms with Crippen LogP contribution in [0, 0.1) is 0 Å². The Morgan fingerprint density at radius 2 is 1.79 bits per heavy atom. The minimum Gasteiger partial charge on any atom is -0.460 e. The molecule has 1 N–H and O–H groups in total. The van der Waals surface area contributed by atoms with Gasteiger partial charge in [0.2, 0.25) is 0 Å². The van der Waals surface area contributed by atoms with E-state index in [0.29, 0.717) is 52.9 Å². The number of Topliss-reactive ketones (excluding diaryl/α,β-unsaturated/α-hetero) is 1. The maximum Gasteiger partial charge on any atom is 0.336 e. The summed E-state index contributed by atoms with van der Waals surface area (Å²) in [5.74, 6) is -0.993. The van der Waals surface area contributed by atoms with Crippen molar-refractivity contribution >= 4 is 35.0 Å². The lowest BCUT2D eigenvalue weighted by Gasteiger charge is -2.36. The number of benzene rings is 2. The van der Waals surface area contributed by atoms with E-state index < -0.39 is 11.9 Å². The number of allylic oxidation sites excluding steroid dienone is 3. The largest absolute Gasteiger partial charge is 0.460 e. The van der Waals surface area contributed by atoms with Crippen LogP contribution in [0.2, 0.25) is 10.0 Å². The highest BCUT2D eigenvalue weighted by Gasteiger charge is 2.41. The van der Waals surface area contributed by atoms with E-state index in [-0.39, 0.29) is 18.3 Å². The maximum atomic E-state index is 13.6. The first-order valence-electron chi connectivity index (χ1n) is 11.4. The van der Waals surface area contributed by atoms with E-state index in [1.165, 1.54) is 0 Å². The molecule has 0 saturated carbocycles. The molecule has 4 rings (SSSR count). The van der Waals surface area contributed by atoms with Gasteiger partial charge in [0.1, 0.15) is 6.61 Å². The zero-order valence-electron chi connectivity index (χ0n) is 19.2. The van der Waals surface area contributed by atoms with Gasteiger partial charge in [0.05, 0.1) is 22.2 Å². The number of hydrogen-bond acceptors (Lipinski definition) is 5. The molecule has 1 aliphatic heterocycles. The van der Waals surface area contributed by atoms with Crippen molar-refractivity contribution in [3.63, 3.8) is 0 Å². The van der Waals surface area contributed by atoms with Gasteiger partial charge < -0.3 is 14.8 Å². The Morgan fingerprint density at radius 3 is 2.50 bits per heavy atom. The predicted molar refractivity (Wildman–Crippen MR) is 133 cm³/mol. The molecule has 0 unspecified atom stereocenters. The van der Waals surface area contributed by atoms with Crippen LogP contribution < -0.4 is 5.32 Å². The van der Waals surface area contributed by atoms with Crippen LogP contribution in [0.15, 0.2) is 71.1 Å². The number of ketones is 1. The van der Waals surface area contributed by atoms with Crippen LogP contribution in [0.4, 0.5) is 0 Å². The number of carbonyl (C=O) groups excluding carboxylic acids is 2. The molecular formula is C27H27Cl2NO4. The van der Waals surface area contributed by atoms with Gasteiger partial charge in [0.15, 0.2) is 5.78 Å². The summed E-state index contributed by atoms with van der Waals surface area (Å²) < 4.78 is 10.8. The Labute approximate surface area is 209 Å². The van der Waals surface area contributed by atoms with Crippen molar-refractivity contribution in [1.82, 2.24) is 5.32 Å². The maximum absolute atomic E-state index is 13.6. The van der Waals surface area contributed by atoms with Crippen molar-refractivity contribution < 1.29 is 19.1 Å². The first kappa shape index (κ1) is 24.5. The van der Waals surface area contributed by atoms with Gasteiger partial charge in [0.25, 0.3) is 0 Å². The zero-order chi connectivity index (χ0) is 24.2. The molecule has 0 radical (unpaired) electrons. The van der Waals surface area contributed by atoms with Gasteiger partial charge >= 0.3 is 5.97 Å². The van der Waals surface area contributed by atoms with Crippen LogP contribution in [0.1, 0.15) is 49.7 Å². The average molecular weight is 500 g/mol. The molecule has 0 bridgehead atoms. The van der Waals surface area contributed by atoms with Crippen LogP contribution >= 0.6 is 23.2 Å². The lowest BCUT2D eigenvalue weighted by Crippen LogP contribution is -2.36. The van der Waals surface area contributed by atoms with Crippen LogP contribution in [0.3, 0.4) is 0 Å². The summed E-state index contributed by atoms with van der Waals surface area (Å²) in [4.78, 5) is 26.8. The second-order valence-corrected chi connectivity index (χ2v) is 9.25. The normalized spacial score (nSPS) is 20.2. The summed E-state index contributed by atoms with van der Waals surface area (Å²) in [6, 6.07) is 15.3. The van der Waals surface area contributed by atoms with Gasteiger partial charge in [0, 0.05) is 35.9 Å². The number of nitrogens with one attached hydrogen (secondary N) is 1. The number of hydrogen-bond donors (Lipinski definition) is 1. The molecule has 34 heavy (non-hydrogen) atoms. The van der Waals surface area contributed by atoms with Gasteiger partial charge in [-0.1, -0.05) is 59.6 Å². The monoisotopic (exact) mass is 499 g/mol. The molecule has 2 atom stereocenters. The number of rotatable bonds is 7. The van der Waals surface area contributed by atoms with Crippen molar-refractivity contribution in [2.24, 2.45) is 0 Å². The third-order valence-electron chi connectivity index (χ3n) is 6.26. The highest BCUT2D eigenvalue weighted by atomic mass is 35.5. The molecule has 2 aliphatic rings. The van der Waals surface area contributed by atoms with Crippen LogP contribution in [0.5, 0.6) is 0 Å². The molecule has 2 aromatic rings. The molecule has 0 spiro atoms. The summed E-state index contributed by atoms with van der Waals surface area (Å²) in [6.45, 7) is 4.70. The van der Waals surface area contributed by atoms with Crippen molar-refractivity contribution in [3.8, 4) is 0 Å². The Balaban J connectivity index is 1.73. The van der Waals surface area contributed by atoms with Gasteiger partial charge in [-0.15, -0.1) is 0 Å². The van der Waals surface area contributed by atoms with Gasteiger partial charge in [-0.05, 0) is 49.4 Å². The zero-order valence-corrected chi connectivity index (χ0v) is 20.7. The predicted octanol–water partition coefficient (Wildman–Crippen LogP) is 5.93. The topological polar surface area (TPSA) is 64.6 Å². The summed E-state index contributed by atoms with van der Waals surface area (Å²) in [7, 11) is 0. The number of halogens is 2. The number of esters is 1. The van der Waals surface area contributed by atoms with Crippen molar-refractivity contribution in [1.29, 1.82) is 0 Å². The SMILES string of the molecule is CCOCCOC(=O)C1=C(C)NC2=C(C(=O)C[C@H](c3ccccc3)C2)[C@H]1c1ccc(Cl)c(Cl)c1. The molecular weight excluding hydrogens is 473 g/mol. The molecule has 2 aromatic carbocycles. The fourth-order valence-corrected chi connectivity index (χ4v) is 5.02. The minimum absolute atomic E-state index is 0.00536. The van der Waals surface area contributed by atoms with Crippen LogP contribution in [0.25, 0.3) is 0 Å². The van der Waals surface area contributed by atoms with Crippen molar-refractivity contribution in [2.45, 2.75) is 38.5 Å².